The van der Waals surface area contributed by atoms with Gasteiger partial charge in [0.25, 0.3) is 0 Å². The first-order valence-electron chi connectivity index (χ1n) is 6.30. The Morgan fingerprint density at radius 3 is 2.55 bits per heavy atom. The summed E-state index contributed by atoms with van der Waals surface area (Å²) in [5, 5.41) is 5.95. The molecular weight excluding hydrogens is 264 g/mol. The van der Waals surface area contributed by atoms with Gasteiger partial charge in [-0.2, -0.15) is 0 Å². The van der Waals surface area contributed by atoms with Gasteiger partial charge in [0, 0.05) is 25.1 Å². The van der Waals surface area contributed by atoms with Crippen molar-refractivity contribution in [2.75, 3.05) is 18.4 Å². The molecule has 2 rings (SSSR count). The summed E-state index contributed by atoms with van der Waals surface area (Å²) in [6, 6.07) is 1.52. The predicted octanol–water partition coefficient (Wildman–Crippen LogP) is -0.355. The van der Waals surface area contributed by atoms with Crippen LogP contribution in [0.3, 0.4) is 0 Å². The van der Waals surface area contributed by atoms with Crippen molar-refractivity contribution in [3.05, 3.63) is 11.8 Å². The summed E-state index contributed by atoms with van der Waals surface area (Å²) in [4.78, 5) is 36.1. The summed E-state index contributed by atoms with van der Waals surface area (Å²) in [6.07, 6.45) is 0.967. The number of hydrogen-bond acceptors (Lipinski definition) is 5. The second kappa shape index (κ2) is 5.72. The maximum Gasteiger partial charge on any atom is 0.315 e. The highest BCUT2D eigenvalue weighted by Crippen LogP contribution is 2.17. The lowest BCUT2D eigenvalue weighted by Crippen LogP contribution is -2.46. The lowest BCUT2D eigenvalue weighted by Gasteiger charge is -2.29. The molecule has 1 aromatic rings. The van der Waals surface area contributed by atoms with Crippen molar-refractivity contribution in [1.29, 1.82) is 0 Å². The van der Waals surface area contributed by atoms with Gasteiger partial charge in [-0.3, -0.25) is 19.7 Å². The number of aryl methyl sites for hydroxylation is 1. The molecule has 8 heteroatoms. The van der Waals surface area contributed by atoms with E-state index < -0.39 is 11.8 Å². The summed E-state index contributed by atoms with van der Waals surface area (Å²) in [6.45, 7) is 2.37. The molecule has 0 aromatic carbocycles. The number of piperidine rings is 1. The van der Waals surface area contributed by atoms with E-state index in [-0.39, 0.29) is 17.6 Å². The van der Waals surface area contributed by atoms with E-state index in [2.05, 4.69) is 10.5 Å². The Bertz CT molecular complexity index is 531. The van der Waals surface area contributed by atoms with Crippen LogP contribution in [0.4, 0.5) is 5.82 Å². The summed E-state index contributed by atoms with van der Waals surface area (Å²) >= 11 is 0. The fraction of sp³-hybridized carbons (Fsp3) is 0.500. The number of aromatic nitrogens is 1. The standard InChI is InChI=1S/C12H16N4O4/c1-7-6-9(15-20-7)14-11(18)12(19)16-4-2-8(3-5-16)10(13)17/h6,8H,2-5H2,1H3,(H2,13,17)(H,14,15,18). The monoisotopic (exact) mass is 280 g/mol. The Morgan fingerprint density at radius 1 is 1.40 bits per heavy atom. The van der Waals surface area contributed by atoms with Gasteiger partial charge in [0.1, 0.15) is 5.76 Å². The van der Waals surface area contributed by atoms with Gasteiger partial charge in [0.05, 0.1) is 0 Å². The number of nitrogens with two attached hydrogens (primary N) is 1. The zero-order valence-electron chi connectivity index (χ0n) is 11.1. The molecule has 0 unspecified atom stereocenters. The fourth-order valence-electron chi connectivity index (χ4n) is 2.11. The van der Waals surface area contributed by atoms with Gasteiger partial charge in [-0.25, -0.2) is 0 Å². The quantitative estimate of drug-likeness (QED) is 0.717. The number of anilines is 1. The van der Waals surface area contributed by atoms with Crippen LogP contribution < -0.4 is 11.1 Å². The van der Waals surface area contributed by atoms with Crippen molar-refractivity contribution >= 4 is 23.5 Å². The van der Waals surface area contributed by atoms with E-state index in [1.54, 1.807) is 6.92 Å². The van der Waals surface area contributed by atoms with Crippen LogP contribution in [0.1, 0.15) is 18.6 Å². The third-order valence-electron chi connectivity index (χ3n) is 3.25. The normalized spacial score (nSPS) is 15.9. The van der Waals surface area contributed by atoms with E-state index in [0.29, 0.717) is 31.7 Å². The van der Waals surface area contributed by atoms with Crippen LogP contribution in [-0.4, -0.2) is 40.9 Å². The Balaban J connectivity index is 1.88. The molecule has 1 fully saturated rings. The molecule has 108 valence electrons. The highest BCUT2D eigenvalue weighted by molar-refractivity contribution is 6.39. The molecule has 8 nitrogen and oxygen atoms in total. The number of primary amides is 1. The molecule has 1 saturated heterocycles. The number of nitrogens with one attached hydrogen (secondary N) is 1. The molecule has 20 heavy (non-hydrogen) atoms. The Labute approximate surface area is 115 Å². The van der Waals surface area contributed by atoms with Gasteiger partial charge in [0.15, 0.2) is 5.82 Å². The number of rotatable bonds is 2. The van der Waals surface area contributed by atoms with E-state index in [4.69, 9.17) is 10.3 Å². The summed E-state index contributed by atoms with van der Waals surface area (Å²) in [7, 11) is 0. The highest BCUT2D eigenvalue weighted by Gasteiger charge is 2.29. The van der Waals surface area contributed by atoms with E-state index in [9.17, 15) is 14.4 Å². The van der Waals surface area contributed by atoms with Crippen molar-refractivity contribution in [3.63, 3.8) is 0 Å². The minimum absolute atomic E-state index is 0.202. The van der Waals surface area contributed by atoms with Crippen LogP contribution in [0.25, 0.3) is 0 Å². The molecule has 0 aliphatic carbocycles. The lowest BCUT2D eigenvalue weighted by atomic mass is 9.96. The maximum absolute atomic E-state index is 11.9. The Morgan fingerprint density at radius 2 is 2.05 bits per heavy atom. The molecule has 0 atom stereocenters. The molecule has 0 saturated carbocycles. The van der Waals surface area contributed by atoms with Crippen LogP contribution >= 0.6 is 0 Å². The number of likely N-dealkylation sites (tertiary alicyclic amines) is 1. The summed E-state index contributed by atoms with van der Waals surface area (Å²) in [5.74, 6) is -1.26. The zero-order valence-corrected chi connectivity index (χ0v) is 11.1. The second-order valence-corrected chi connectivity index (χ2v) is 4.75. The Hall–Kier alpha value is -2.38. The molecular formula is C12H16N4O4. The lowest BCUT2D eigenvalue weighted by molar-refractivity contribution is -0.144. The molecule has 0 bridgehead atoms. The molecule has 3 amide bonds. The molecule has 2 heterocycles. The van der Waals surface area contributed by atoms with Crippen molar-refractivity contribution in [2.45, 2.75) is 19.8 Å². The number of carbonyl (C=O) groups is 3. The summed E-state index contributed by atoms with van der Waals surface area (Å²) < 4.78 is 4.79. The molecule has 0 radical (unpaired) electrons. The highest BCUT2D eigenvalue weighted by atomic mass is 16.5. The molecule has 1 aromatic heterocycles. The Kier molecular flexibility index (Phi) is 4.02. The van der Waals surface area contributed by atoms with Crippen molar-refractivity contribution < 1.29 is 18.9 Å². The molecule has 3 N–H and O–H groups in total. The predicted molar refractivity (Wildman–Crippen MR) is 68.4 cm³/mol. The van der Waals surface area contributed by atoms with E-state index >= 15 is 0 Å². The van der Waals surface area contributed by atoms with Gasteiger partial charge in [-0.1, -0.05) is 5.16 Å². The number of hydrogen-bond donors (Lipinski definition) is 2. The van der Waals surface area contributed by atoms with Crippen molar-refractivity contribution in [1.82, 2.24) is 10.1 Å². The van der Waals surface area contributed by atoms with E-state index in [1.807, 2.05) is 0 Å². The van der Waals surface area contributed by atoms with Gasteiger partial charge in [-0.15, -0.1) is 0 Å². The van der Waals surface area contributed by atoms with Crippen LogP contribution in [0.15, 0.2) is 10.6 Å². The van der Waals surface area contributed by atoms with Crippen LogP contribution in [0.2, 0.25) is 0 Å². The third-order valence-corrected chi connectivity index (χ3v) is 3.25. The van der Waals surface area contributed by atoms with Crippen LogP contribution in [-0.2, 0) is 14.4 Å². The first-order chi connectivity index (χ1) is 9.47. The van der Waals surface area contributed by atoms with Crippen LogP contribution in [0.5, 0.6) is 0 Å². The zero-order chi connectivity index (χ0) is 14.7. The number of carbonyl (C=O) groups excluding carboxylic acids is 3. The van der Waals surface area contributed by atoms with Crippen molar-refractivity contribution in [3.8, 4) is 0 Å². The minimum Gasteiger partial charge on any atom is -0.369 e. The molecule has 1 aliphatic rings. The molecule has 0 spiro atoms. The molecule has 1 aliphatic heterocycles. The average molecular weight is 280 g/mol. The van der Waals surface area contributed by atoms with Gasteiger partial charge in [-0.05, 0) is 19.8 Å². The van der Waals surface area contributed by atoms with Gasteiger partial charge in [0.2, 0.25) is 5.91 Å². The van der Waals surface area contributed by atoms with Crippen molar-refractivity contribution in [2.24, 2.45) is 11.7 Å². The summed E-state index contributed by atoms with van der Waals surface area (Å²) in [5.41, 5.74) is 5.21. The average Bonchev–Trinajstić information content (AvgIpc) is 2.83. The minimum atomic E-state index is -0.768. The second-order valence-electron chi connectivity index (χ2n) is 4.75. The van der Waals surface area contributed by atoms with Gasteiger partial charge < -0.3 is 15.2 Å². The van der Waals surface area contributed by atoms with Crippen LogP contribution in [0, 0.1) is 12.8 Å². The van der Waals surface area contributed by atoms with E-state index in [1.165, 1.54) is 11.0 Å². The first-order valence-corrected chi connectivity index (χ1v) is 6.30. The maximum atomic E-state index is 11.9. The SMILES string of the molecule is Cc1cc(NC(=O)C(=O)N2CCC(C(N)=O)CC2)no1. The number of amides is 3. The largest absolute Gasteiger partial charge is 0.369 e. The van der Waals surface area contributed by atoms with Gasteiger partial charge >= 0.3 is 11.8 Å². The first kappa shape index (κ1) is 14.0. The smallest absolute Gasteiger partial charge is 0.315 e. The topological polar surface area (TPSA) is 119 Å². The fourth-order valence-corrected chi connectivity index (χ4v) is 2.11. The third kappa shape index (κ3) is 3.14. The van der Waals surface area contributed by atoms with E-state index in [0.717, 1.165) is 0 Å². The number of nitrogens with zero attached hydrogens (tertiary/aromatic N) is 2.